The molecule has 0 fully saturated rings. The molecule has 2 aromatic carbocycles. The van der Waals surface area contributed by atoms with Crippen LogP contribution in [0.1, 0.15) is 17.3 Å². The number of methoxy groups -OCH3 is 1. The summed E-state index contributed by atoms with van der Waals surface area (Å²) in [5.41, 5.74) is 1.36. The van der Waals surface area contributed by atoms with Crippen LogP contribution in [-0.4, -0.2) is 17.6 Å². The molecule has 3 rings (SSSR count). The van der Waals surface area contributed by atoms with Crippen LogP contribution in [0, 0.1) is 5.82 Å². The molecule has 1 heterocycles. The van der Waals surface area contributed by atoms with Gasteiger partial charge < -0.3 is 9.30 Å². The quantitative estimate of drug-likeness (QED) is 0.736. The molecule has 0 atom stereocenters. The van der Waals surface area contributed by atoms with Crippen LogP contribution in [0.5, 0.6) is 5.75 Å². The third-order valence-electron chi connectivity index (χ3n) is 3.50. The minimum absolute atomic E-state index is 0.296. The van der Waals surface area contributed by atoms with Crippen LogP contribution in [0.25, 0.3) is 10.2 Å². The SMILES string of the molecule is CCn1c(=NC(=O)c2ccc(OC)cc2)sc2cc(F)ccc21. The average Bonchev–Trinajstić information content (AvgIpc) is 2.90. The number of aryl methyl sites for hydroxylation is 1. The number of amides is 1. The number of carbonyl (C=O) groups excluding carboxylic acids is 1. The van der Waals surface area contributed by atoms with Gasteiger partial charge in [-0.1, -0.05) is 11.3 Å². The number of carbonyl (C=O) groups is 1. The van der Waals surface area contributed by atoms with Crippen LogP contribution in [-0.2, 0) is 6.54 Å². The van der Waals surface area contributed by atoms with E-state index in [4.69, 9.17) is 4.74 Å². The first-order valence-corrected chi connectivity index (χ1v) is 7.96. The number of halogens is 1. The third kappa shape index (κ3) is 3.03. The van der Waals surface area contributed by atoms with Crippen molar-refractivity contribution in [2.24, 2.45) is 4.99 Å². The number of nitrogens with zero attached hydrogens (tertiary/aromatic N) is 2. The van der Waals surface area contributed by atoms with Crippen molar-refractivity contribution in [2.75, 3.05) is 7.11 Å². The van der Waals surface area contributed by atoms with Crippen molar-refractivity contribution in [1.29, 1.82) is 0 Å². The Morgan fingerprint density at radius 2 is 2.00 bits per heavy atom. The van der Waals surface area contributed by atoms with Gasteiger partial charge in [0.1, 0.15) is 11.6 Å². The van der Waals surface area contributed by atoms with Crippen LogP contribution < -0.4 is 9.54 Å². The van der Waals surface area contributed by atoms with E-state index in [0.717, 1.165) is 10.2 Å². The maximum atomic E-state index is 13.4. The zero-order valence-electron chi connectivity index (χ0n) is 12.7. The maximum absolute atomic E-state index is 13.4. The lowest BCUT2D eigenvalue weighted by atomic mass is 10.2. The van der Waals surface area contributed by atoms with Gasteiger partial charge in [0, 0.05) is 12.1 Å². The summed E-state index contributed by atoms with van der Waals surface area (Å²) in [7, 11) is 1.57. The standard InChI is InChI=1S/C17H15FN2O2S/c1-3-20-14-9-6-12(18)10-15(14)23-17(20)19-16(21)11-4-7-13(22-2)8-5-11/h4-10H,3H2,1-2H3. The molecular weight excluding hydrogens is 315 g/mol. The van der Waals surface area contributed by atoms with Crippen LogP contribution >= 0.6 is 11.3 Å². The van der Waals surface area contributed by atoms with E-state index in [9.17, 15) is 9.18 Å². The molecular formula is C17H15FN2O2S. The summed E-state index contributed by atoms with van der Waals surface area (Å²) in [6.07, 6.45) is 0. The van der Waals surface area contributed by atoms with Crippen LogP contribution in [0.4, 0.5) is 4.39 Å². The predicted molar refractivity (Wildman–Crippen MR) is 88.3 cm³/mol. The average molecular weight is 330 g/mol. The number of ether oxygens (including phenoxy) is 1. The normalized spacial score (nSPS) is 11.9. The van der Waals surface area contributed by atoms with Gasteiger partial charge in [0.05, 0.1) is 17.3 Å². The fourth-order valence-corrected chi connectivity index (χ4v) is 3.44. The van der Waals surface area contributed by atoms with Crippen molar-refractivity contribution >= 4 is 27.5 Å². The first kappa shape index (κ1) is 15.4. The van der Waals surface area contributed by atoms with E-state index in [1.165, 1.54) is 23.5 Å². The number of thiazole rings is 1. The molecule has 0 saturated carbocycles. The zero-order chi connectivity index (χ0) is 16.4. The first-order chi connectivity index (χ1) is 11.1. The largest absolute Gasteiger partial charge is 0.497 e. The Morgan fingerprint density at radius 3 is 2.65 bits per heavy atom. The van der Waals surface area contributed by atoms with Gasteiger partial charge in [0.25, 0.3) is 5.91 Å². The second-order valence-electron chi connectivity index (χ2n) is 4.89. The summed E-state index contributed by atoms with van der Waals surface area (Å²) in [6.45, 7) is 2.62. The number of rotatable bonds is 3. The van der Waals surface area contributed by atoms with Crippen molar-refractivity contribution in [3.8, 4) is 5.75 Å². The van der Waals surface area contributed by atoms with E-state index >= 15 is 0 Å². The molecule has 0 unspecified atom stereocenters. The lowest BCUT2D eigenvalue weighted by Crippen LogP contribution is -2.15. The Hall–Kier alpha value is -2.47. The Bertz CT molecular complexity index is 926. The monoisotopic (exact) mass is 330 g/mol. The van der Waals surface area contributed by atoms with Gasteiger partial charge in [-0.25, -0.2) is 4.39 Å². The smallest absolute Gasteiger partial charge is 0.279 e. The Morgan fingerprint density at radius 1 is 1.26 bits per heavy atom. The topological polar surface area (TPSA) is 43.6 Å². The molecule has 0 radical (unpaired) electrons. The number of aromatic nitrogens is 1. The summed E-state index contributed by atoms with van der Waals surface area (Å²) in [5, 5.41) is 0. The van der Waals surface area contributed by atoms with Crippen molar-refractivity contribution in [3.63, 3.8) is 0 Å². The van der Waals surface area contributed by atoms with E-state index in [-0.39, 0.29) is 11.7 Å². The first-order valence-electron chi connectivity index (χ1n) is 7.14. The van der Waals surface area contributed by atoms with Crippen molar-refractivity contribution < 1.29 is 13.9 Å². The fourth-order valence-electron chi connectivity index (χ4n) is 2.32. The lowest BCUT2D eigenvalue weighted by molar-refractivity contribution is 0.0998. The van der Waals surface area contributed by atoms with Gasteiger partial charge in [0.15, 0.2) is 4.80 Å². The van der Waals surface area contributed by atoms with E-state index in [1.54, 1.807) is 37.4 Å². The van der Waals surface area contributed by atoms with Crippen LogP contribution in [0.2, 0.25) is 0 Å². The van der Waals surface area contributed by atoms with Gasteiger partial charge in [-0.15, -0.1) is 0 Å². The molecule has 3 aromatic rings. The van der Waals surface area contributed by atoms with Gasteiger partial charge >= 0.3 is 0 Å². The van der Waals surface area contributed by atoms with Crippen LogP contribution in [0.15, 0.2) is 47.5 Å². The number of benzene rings is 2. The number of hydrogen-bond acceptors (Lipinski definition) is 3. The summed E-state index contributed by atoms with van der Waals surface area (Å²) >= 11 is 1.30. The molecule has 0 aliphatic heterocycles. The molecule has 0 bridgehead atoms. The Kier molecular flexibility index (Phi) is 4.25. The zero-order valence-corrected chi connectivity index (χ0v) is 13.6. The highest BCUT2D eigenvalue weighted by atomic mass is 32.1. The summed E-state index contributed by atoms with van der Waals surface area (Å²) in [4.78, 5) is 17.1. The molecule has 118 valence electrons. The molecule has 0 aliphatic carbocycles. The number of fused-ring (bicyclic) bond motifs is 1. The molecule has 1 amide bonds. The second kappa shape index (κ2) is 6.34. The second-order valence-corrected chi connectivity index (χ2v) is 5.90. The number of hydrogen-bond donors (Lipinski definition) is 0. The van der Waals surface area contributed by atoms with Gasteiger partial charge in [-0.3, -0.25) is 4.79 Å². The molecule has 0 N–H and O–H groups in total. The summed E-state index contributed by atoms with van der Waals surface area (Å²) in [5.74, 6) is 0.0550. The highest BCUT2D eigenvalue weighted by Crippen LogP contribution is 2.19. The molecule has 1 aromatic heterocycles. The molecule has 0 spiro atoms. The minimum atomic E-state index is -0.332. The van der Waals surface area contributed by atoms with Gasteiger partial charge in [-0.05, 0) is 49.4 Å². The van der Waals surface area contributed by atoms with Crippen molar-refractivity contribution in [3.05, 3.63) is 58.6 Å². The molecule has 0 aliphatic rings. The molecule has 23 heavy (non-hydrogen) atoms. The Balaban J connectivity index is 2.07. The van der Waals surface area contributed by atoms with E-state index < -0.39 is 0 Å². The fraction of sp³-hybridized carbons (Fsp3) is 0.176. The van der Waals surface area contributed by atoms with Crippen molar-refractivity contribution in [1.82, 2.24) is 4.57 Å². The minimum Gasteiger partial charge on any atom is -0.497 e. The maximum Gasteiger partial charge on any atom is 0.279 e. The van der Waals surface area contributed by atoms with Gasteiger partial charge in [0.2, 0.25) is 0 Å². The highest BCUT2D eigenvalue weighted by Gasteiger charge is 2.09. The van der Waals surface area contributed by atoms with E-state index in [2.05, 4.69) is 4.99 Å². The molecule has 0 saturated heterocycles. The molecule has 6 heteroatoms. The lowest BCUT2D eigenvalue weighted by Gasteiger charge is -2.01. The summed E-state index contributed by atoms with van der Waals surface area (Å²) < 4.78 is 21.1. The highest BCUT2D eigenvalue weighted by molar-refractivity contribution is 7.16. The summed E-state index contributed by atoms with van der Waals surface area (Å²) in [6, 6.07) is 11.4. The van der Waals surface area contributed by atoms with E-state index in [1.807, 2.05) is 11.5 Å². The van der Waals surface area contributed by atoms with Crippen molar-refractivity contribution in [2.45, 2.75) is 13.5 Å². The Labute approximate surface area is 136 Å². The molecule has 4 nitrogen and oxygen atoms in total. The van der Waals surface area contributed by atoms with Crippen LogP contribution in [0.3, 0.4) is 0 Å². The third-order valence-corrected chi connectivity index (χ3v) is 4.54. The van der Waals surface area contributed by atoms with E-state index in [0.29, 0.717) is 22.7 Å². The predicted octanol–water partition coefficient (Wildman–Crippen LogP) is 3.61. The van der Waals surface area contributed by atoms with Gasteiger partial charge in [-0.2, -0.15) is 4.99 Å².